The fourth-order valence-electron chi connectivity index (χ4n) is 1.74. The highest BCUT2D eigenvalue weighted by Gasteiger charge is 2.18. The summed E-state index contributed by atoms with van der Waals surface area (Å²) in [7, 11) is 1.60. The van der Waals surface area contributed by atoms with E-state index in [1.807, 2.05) is 6.92 Å². The highest BCUT2D eigenvalue weighted by molar-refractivity contribution is 6.31. The number of nitrogen functional groups attached to an aromatic ring is 1. The lowest BCUT2D eigenvalue weighted by atomic mass is 10.0. The van der Waals surface area contributed by atoms with Crippen LogP contribution in [0, 0.1) is 0 Å². The molecule has 0 saturated carbocycles. The van der Waals surface area contributed by atoms with Crippen molar-refractivity contribution in [2.24, 2.45) is 0 Å². The van der Waals surface area contributed by atoms with Gasteiger partial charge in [-0.15, -0.1) is 0 Å². The molecular formula is C12H13ClN2O2. The Morgan fingerprint density at radius 3 is 2.88 bits per heavy atom. The first-order valence-electron chi connectivity index (χ1n) is 5.25. The number of ether oxygens (including phenoxy) is 1. The molecule has 90 valence electrons. The summed E-state index contributed by atoms with van der Waals surface area (Å²) in [5.41, 5.74) is 8.15. The molecule has 2 rings (SSSR count). The minimum absolute atomic E-state index is 0.280. The van der Waals surface area contributed by atoms with Gasteiger partial charge in [0.15, 0.2) is 0 Å². The number of nitrogens with zero attached hydrogens (tertiary/aromatic N) is 1. The van der Waals surface area contributed by atoms with E-state index in [0.717, 1.165) is 23.2 Å². The minimum Gasteiger partial charge on any atom is -0.496 e. The molecule has 0 aliphatic rings. The van der Waals surface area contributed by atoms with Crippen molar-refractivity contribution in [3.8, 4) is 16.9 Å². The van der Waals surface area contributed by atoms with Gasteiger partial charge in [-0.3, -0.25) is 0 Å². The Kier molecular flexibility index (Phi) is 3.24. The zero-order valence-corrected chi connectivity index (χ0v) is 10.4. The van der Waals surface area contributed by atoms with Gasteiger partial charge in [-0.05, 0) is 24.6 Å². The van der Waals surface area contributed by atoms with Gasteiger partial charge < -0.3 is 15.0 Å². The second-order valence-corrected chi connectivity index (χ2v) is 4.00. The van der Waals surface area contributed by atoms with Crippen LogP contribution in [0.4, 0.5) is 5.88 Å². The molecule has 2 N–H and O–H groups in total. The highest BCUT2D eigenvalue weighted by atomic mass is 35.5. The fourth-order valence-corrected chi connectivity index (χ4v) is 1.91. The van der Waals surface area contributed by atoms with Crippen LogP contribution in [0.15, 0.2) is 22.7 Å². The standard InChI is InChI=1S/C12H13ClN2O2/c1-3-9-11(12(14)17-15-9)8-6-7(13)4-5-10(8)16-2/h4-6H,3,14H2,1-2H3. The molecule has 0 aliphatic carbocycles. The van der Waals surface area contributed by atoms with Gasteiger partial charge >= 0.3 is 0 Å². The SMILES string of the molecule is CCc1noc(N)c1-c1cc(Cl)ccc1OC. The van der Waals surface area contributed by atoms with Crippen LogP contribution in [0.5, 0.6) is 5.75 Å². The highest BCUT2D eigenvalue weighted by Crippen LogP contribution is 2.38. The van der Waals surface area contributed by atoms with E-state index in [0.29, 0.717) is 10.8 Å². The molecule has 1 aromatic carbocycles. The summed E-state index contributed by atoms with van der Waals surface area (Å²) in [5.74, 6) is 0.974. The van der Waals surface area contributed by atoms with Gasteiger partial charge in [0.05, 0.1) is 18.4 Å². The lowest BCUT2D eigenvalue weighted by molar-refractivity contribution is 0.416. The van der Waals surface area contributed by atoms with Crippen LogP contribution in [-0.4, -0.2) is 12.3 Å². The number of halogens is 1. The minimum atomic E-state index is 0.280. The Balaban J connectivity index is 2.66. The van der Waals surface area contributed by atoms with Gasteiger partial charge in [0.1, 0.15) is 5.75 Å². The Hall–Kier alpha value is -1.68. The van der Waals surface area contributed by atoms with Crippen molar-refractivity contribution in [2.75, 3.05) is 12.8 Å². The number of anilines is 1. The van der Waals surface area contributed by atoms with Crippen LogP contribution < -0.4 is 10.5 Å². The predicted molar refractivity (Wildman–Crippen MR) is 67.3 cm³/mol. The van der Waals surface area contributed by atoms with Crippen molar-refractivity contribution >= 4 is 17.5 Å². The number of hydrogen-bond donors (Lipinski definition) is 1. The predicted octanol–water partition coefficient (Wildman–Crippen LogP) is 3.15. The van der Waals surface area contributed by atoms with Crippen LogP contribution in [0.1, 0.15) is 12.6 Å². The smallest absolute Gasteiger partial charge is 0.230 e. The molecule has 0 bridgehead atoms. The zero-order chi connectivity index (χ0) is 12.4. The molecule has 0 atom stereocenters. The van der Waals surface area contributed by atoms with Gasteiger partial charge in [-0.1, -0.05) is 23.7 Å². The number of benzene rings is 1. The topological polar surface area (TPSA) is 61.3 Å². The normalized spacial score (nSPS) is 10.5. The third-order valence-corrected chi connectivity index (χ3v) is 2.79. The maximum Gasteiger partial charge on any atom is 0.230 e. The molecule has 1 heterocycles. The summed E-state index contributed by atoms with van der Waals surface area (Å²) in [6.45, 7) is 1.98. The molecule has 1 aromatic heterocycles. The number of hydrogen-bond acceptors (Lipinski definition) is 4. The third kappa shape index (κ3) is 2.08. The van der Waals surface area contributed by atoms with E-state index < -0.39 is 0 Å². The number of methoxy groups -OCH3 is 1. The van der Waals surface area contributed by atoms with E-state index in [1.165, 1.54) is 0 Å². The second-order valence-electron chi connectivity index (χ2n) is 3.57. The van der Waals surface area contributed by atoms with Gasteiger partial charge in [0.2, 0.25) is 5.88 Å². The number of nitrogens with two attached hydrogens (primary N) is 1. The second kappa shape index (κ2) is 4.67. The number of aryl methyl sites for hydroxylation is 1. The average Bonchev–Trinajstić information content (AvgIpc) is 2.70. The molecule has 0 unspecified atom stereocenters. The zero-order valence-electron chi connectivity index (χ0n) is 9.66. The van der Waals surface area contributed by atoms with E-state index in [2.05, 4.69) is 5.16 Å². The van der Waals surface area contributed by atoms with Crippen molar-refractivity contribution in [3.05, 3.63) is 28.9 Å². The Bertz CT molecular complexity index is 537. The summed E-state index contributed by atoms with van der Waals surface area (Å²) < 4.78 is 10.3. The monoisotopic (exact) mass is 252 g/mol. The average molecular weight is 253 g/mol. The number of rotatable bonds is 3. The molecule has 17 heavy (non-hydrogen) atoms. The van der Waals surface area contributed by atoms with Crippen LogP contribution >= 0.6 is 11.6 Å². The van der Waals surface area contributed by atoms with Gasteiger partial charge in [0.25, 0.3) is 0 Å². The molecule has 0 aliphatic heterocycles. The summed E-state index contributed by atoms with van der Waals surface area (Å²) in [6.07, 6.45) is 0.728. The summed E-state index contributed by atoms with van der Waals surface area (Å²) >= 11 is 5.99. The Morgan fingerprint density at radius 2 is 2.24 bits per heavy atom. The summed E-state index contributed by atoms with van der Waals surface area (Å²) in [4.78, 5) is 0. The van der Waals surface area contributed by atoms with Crippen molar-refractivity contribution < 1.29 is 9.26 Å². The van der Waals surface area contributed by atoms with E-state index in [9.17, 15) is 0 Å². The first-order chi connectivity index (χ1) is 8.17. The quantitative estimate of drug-likeness (QED) is 0.912. The Labute approximate surface area is 104 Å². The molecule has 0 radical (unpaired) electrons. The van der Waals surface area contributed by atoms with Crippen LogP contribution in [-0.2, 0) is 6.42 Å². The van der Waals surface area contributed by atoms with E-state index in [-0.39, 0.29) is 5.88 Å². The summed E-state index contributed by atoms with van der Waals surface area (Å²) in [5, 5.41) is 4.53. The third-order valence-electron chi connectivity index (χ3n) is 2.55. The van der Waals surface area contributed by atoms with Crippen LogP contribution in [0.3, 0.4) is 0 Å². The van der Waals surface area contributed by atoms with E-state index >= 15 is 0 Å². The molecule has 2 aromatic rings. The van der Waals surface area contributed by atoms with Crippen molar-refractivity contribution in [3.63, 3.8) is 0 Å². The van der Waals surface area contributed by atoms with Crippen molar-refractivity contribution in [2.45, 2.75) is 13.3 Å². The molecule has 0 amide bonds. The molecule has 5 heteroatoms. The molecular weight excluding hydrogens is 240 g/mol. The number of aromatic nitrogens is 1. The maximum absolute atomic E-state index is 5.99. The molecule has 4 nitrogen and oxygen atoms in total. The first-order valence-corrected chi connectivity index (χ1v) is 5.63. The first kappa shape index (κ1) is 11.8. The molecule has 0 spiro atoms. The van der Waals surface area contributed by atoms with E-state index in [4.69, 9.17) is 26.6 Å². The van der Waals surface area contributed by atoms with Crippen LogP contribution in [0.2, 0.25) is 5.02 Å². The Morgan fingerprint density at radius 1 is 1.47 bits per heavy atom. The molecule has 0 saturated heterocycles. The maximum atomic E-state index is 5.99. The fraction of sp³-hybridized carbons (Fsp3) is 0.250. The van der Waals surface area contributed by atoms with Gasteiger partial charge in [-0.2, -0.15) is 0 Å². The lowest BCUT2D eigenvalue weighted by Crippen LogP contribution is -1.93. The van der Waals surface area contributed by atoms with Crippen LogP contribution in [0.25, 0.3) is 11.1 Å². The summed E-state index contributed by atoms with van der Waals surface area (Å²) in [6, 6.07) is 5.35. The van der Waals surface area contributed by atoms with Gasteiger partial charge in [0, 0.05) is 10.6 Å². The van der Waals surface area contributed by atoms with Gasteiger partial charge in [-0.25, -0.2) is 0 Å². The van der Waals surface area contributed by atoms with Crippen molar-refractivity contribution in [1.82, 2.24) is 5.16 Å². The van der Waals surface area contributed by atoms with E-state index in [1.54, 1.807) is 25.3 Å². The lowest BCUT2D eigenvalue weighted by Gasteiger charge is -2.08. The largest absolute Gasteiger partial charge is 0.496 e. The molecule has 0 fully saturated rings. The van der Waals surface area contributed by atoms with Crippen molar-refractivity contribution in [1.29, 1.82) is 0 Å².